The van der Waals surface area contributed by atoms with Gasteiger partial charge in [-0.15, -0.1) is 11.3 Å². The fraction of sp³-hybridized carbons (Fsp3) is 0.667. The van der Waals surface area contributed by atoms with Crippen molar-refractivity contribution >= 4 is 11.3 Å². The zero-order chi connectivity index (χ0) is 9.84. The number of aliphatic hydroxyl groups is 1. The van der Waals surface area contributed by atoms with E-state index in [2.05, 4.69) is 4.98 Å². The highest BCUT2D eigenvalue weighted by Gasteiger charge is 2.11. The molecule has 1 aromatic rings. The summed E-state index contributed by atoms with van der Waals surface area (Å²) in [4.78, 5) is 5.31. The summed E-state index contributed by atoms with van der Waals surface area (Å²) in [5, 5.41) is 10.4. The number of ether oxygens (including phenoxy) is 1. The van der Waals surface area contributed by atoms with Gasteiger partial charge in [-0.05, 0) is 13.8 Å². The Morgan fingerprint density at radius 3 is 2.77 bits per heavy atom. The lowest BCUT2D eigenvalue weighted by Crippen LogP contribution is -1.93. The molecule has 0 fully saturated rings. The lowest BCUT2D eigenvalue weighted by Gasteiger charge is -1.98. The highest BCUT2D eigenvalue weighted by molar-refractivity contribution is 7.11. The van der Waals surface area contributed by atoms with Crippen molar-refractivity contribution in [3.05, 3.63) is 15.6 Å². The molecule has 4 heteroatoms. The number of thiazole rings is 1. The molecule has 1 N–H and O–H groups in total. The van der Waals surface area contributed by atoms with E-state index in [1.807, 2.05) is 6.92 Å². The molecule has 1 atom stereocenters. The maximum Gasteiger partial charge on any atom is 0.0954 e. The normalized spacial score (nSPS) is 13.2. The molecule has 13 heavy (non-hydrogen) atoms. The lowest BCUT2D eigenvalue weighted by molar-refractivity contribution is 0.202. The van der Waals surface area contributed by atoms with E-state index in [-0.39, 0.29) is 0 Å². The van der Waals surface area contributed by atoms with E-state index in [1.165, 1.54) is 0 Å². The van der Waals surface area contributed by atoms with E-state index in [0.29, 0.717) is 6.61 Å². The van der Waals surface area contributed by atoms with Gasteiger partial charge in [-0.25, -0.2) is 4.98 Å². The molecule has 0 aliphatic rings. The highest BCUT2D eigenvalue weighted by Crippen LogP contribution is 2.24. The number of methoxy groups -OCH3 is 1. The van der Waals surface area contributed by atoms with Crippen LogP contribution in [-0.4, -0.2) is 23.8 Å². The maximum atomic E-state index is 9.38. The number of aliphatic hydroxyl groups excluding tert-OH is 1. The Labute approximate surface area is 82.4 Å². The molecule has 74 valence electrons. The van der Waals surface area contributed by atoms with Crippen LogP contribution >= 0.6 is 11.3 Å². The van der Waals surface area contributed by atoms with Crippen molar-refractivity contribution in [1.82, 2.24) is 4.98 Å². The minimum Gasteiger partial charge on any atom is -0.388 e. The van der Waals surface area contributed by atoms with Crippen molar-refractivity contribution in [3.63, 3.8) is 0 Å². The smallest absolute Gasteiger partial charge is 0.0954 e. The number of hydrogen-bond acceptors (Lipinski definition) is 4. The Hall–Kier alpha value is -0.450. The first-order chi connectivity index (χ1) is 6.15. The van der Waals surface area contributed by atoms with Gasteiger partial charge in [-0.1, -0.05) is 0 Å². The molecule has 0 bridgehead atoms. The third-order valence-electron chi connectivity index (χ3n) is 1.78. The molecule has 0 aliphatic heterocycles. The molecule has 0 unspecified atom stereocenters. The van der Waals surface area contributed by atoms with Crippen molar-refractivity contribution in [2.45, 2.75) is 26.4 Å². The zero-order valence-corrected chi connectivity index (χ0v) is 9.02. The van der Waals surface area contributed by atoms with Crippen LogP contribution in [0.1, 0.15) is 28.6 Å². The predicted molar refractivity (Wildman–Crippen MR) is 53.1 cm³/mol. The number of nitrogens with zero attached hydrogens (tertiary/aromatic N) is 1. The Morgan fingerprint density at radius 2 is 2.31 bits per heavy atom. The second-order valence-electron chi connectivity index (χ2n) is 2.98. The fourth-order valence-corrected chi connectivity index (χ4v) is 2.14. The summed E-state index contributed by atoms with van der Waals surface area (Å²) in [7, 11) is 1.68. The summed E-state index contributed by atoms with van der Waals surface area (Å²) in [6.45, 7) is 4.38. The number of aryl methyl sites for hydroxylation is 1. The van der Waals surface area contributed by atoms with Gasteiger partial charge in [-0.3, -0.25) is 0 Å². The van der Waals surface area contributed by atoms with Crippen molar-refractivity contribution in [2.24, 2.45) is 0 Å². The molecule has 1 heterocycles. The average Bonchev–Trinajstić information content (AvgIpc) is 2.43. The monoisotopic (exact) mass is 201 g/mol. The van der Waals surface area contributed by atoms with E-state index in [0.717, 1.165) is 22.0 Å². The van der Waals surface area contributed by atoms with Crippen LogP contribution in [0.3, 0.4) is 0 Å². The molecule has 0 amide bonds. The average molecular weight is 201 g/mol. The van der Waals surface area contributed by atoms with Gasteiger partial charge in [0, 0.05) is 13.5 Å². The van der Waals surface area contributed by atoms with Gasteiger partial charge >= 0.3 is 0 Å². The van der Waals surface area contributed by atoms with Gasteiger partial charge in [-0.2, -0.15) is 0 Å². The summed E-state index contributed by atoms with van der Waals surface area (Å²) >= 11 is 1.57. The van der Waals surface area contributed by atoms with Crippen molar-refractivity contribution in [3.8, 4) is 0 Å². The Morgan fingerprint density at radius 1 is 1.62 bits per heavy atom. The standard InChI is InChI=1S/C9H15NO2S/c1-6-9(7(2)11)13-8(10-6)4-5-12-3/h7,11H,4-5H2,1-3H3/t7-/m1/s1. The first-order valence-corrected chi connectivity index (χ1v) is 5.10. The number of rotatable bonds is 4. The summed E-state index contributed by atoms with van der Waals surface area (Å²) in [6, 6.07) is 0. The van der Waals surface area contributed by atoms with Crippen molar-refractivity contribution in [1.29, 1.82) is 0 Å². The van der Waals surface area contributed by atoms with Crippen LogP contribution < -0.4 is 0 Å². The van der Waals surface area contributed by atoms with E-state index >= 15 is 0 Å². The Kier molecular flexibility index (Phi) is 3.84. The van der Waals surface area contributed by atoms with Crippen LogP contribution in [0.25, 0.3) is 0 Å². The van der Waals surface area contributed by atoms with Crippen molar-refractivity contribution < 1.29 is 9.84 Å². The predicted octanol–water partition coefficient (Wildman–Crippen LogP) is 1.69. The first-order valence-electron chi connectivity index (χ1n) is 4.28. The van der Waals surface area contributed by atoms with Gasteiger partial charge < -0.3 is 9.84 Å². The lowest BCUT2D eigenvalue weighted by atomic mass is 10.3. The molecule has 0 aromatic carbocycles. The fourth-order valence-electron chi connectivity index (χ4n) is 1.15. The first kappa shape index (κ1) is 10.6. The van der Waals surface area contributed by atoms with E-state index in [4.69, 9.17) is 4.74 Å². The molecule has 0 saturated carbocycles. The number of hydrogen-bond donors (Lipinski definition) is 1. The second kappa shape index (κ2) is 4.69. The minimum atomic E-state index is -0.409. The van der Waals surface area contributed by atoms with Crippen LogP contribution in [0, 0.1) is 6.92 Å². The van der Waals surface area contributed by atoms with Crippen LogP contribution in [-0.2, 0) is 11.2 Å². The summed E-state index contributed by atoms with van der Waals surface area (Å²) in [6.07, 6.45) is 0.420. The molecule has 0 aliphatic carbocycles. The molecular formula is C9H15NO2S. The minimum absolute atomic E-state index is 0.409. The molecule has 1 aromatic heterocycles. The quantitative estimate of drug-likeness (QED) is 0.806. The van der Waals surface area contributed by atoms with Gasteiger partial charge in [0.05, 0.1) is 28.3 Å². The van der Waals surface area contributed by atoms with Crippen LogP contribution in [0.5, 0.6) is 0 Å². The van der Waals surface area contributed by atoms with Crippen LogP contribution in [0.4, 0.5) is 0 Å². The molecule has 0 saturated heterocycles. The van der Waals surface area contributed by atoms with Gasteiger partial charge in [0.15, 0.2) is 0 Å². The molecule has 1 rings (SSSR count). The van der Waals surface area contributed by atoms with Gasteiger partial charge in [0.1, 0.15) is 0 Å². The maximum absolute atomic E-state index is 9.38. The number of aromatic nitrogens is 1. The molecule has 0 radical (unpaired) electrons. The summed E-state index contributed by atoms with van der Waals surface area (Å²) in [5.74, 6) is 0. The van der Waals surface area contributed by atoms with Crippen LogP contribution in [0.2, 0.25) is 0 Å². The SMILES string of the molecule is COCCc1nc(C)c([C@@H](C)O)s1. The molecule has 0 spiro atoms. The summed E-state index contributed by atoms with van der Waals surface area (Å²) < 4.78 is 4.96. The molecular weight excluding hydrogens is 186 g/mol. The van der Waals surface area contributed by atoms with E-state index in [9.17, 15) is 5.11 Å². The third-order valence-corrected chi connectivity index (χ3v) is 3.16. The summed E-state index contributed by atoms with van der Waals surface area (Å²) in [5.41, 5.74) is 0.936. The van der Waals surface area contributed by atoms with Gasteiger partial charge in [0.2, 0.25) is 0 Å². The molecule has 3 nitrogen and oxygen atoms in total. The Balaban J connectivity index is 2.71. The van der Waals surface area contributed by atoms with E-state index < -0.39 is 6.10 Å². The third kappa shape index (κ3) is 2.76. The van der Waals surface area contributed by atoms with Crippen molar-refractivity contribution in [2.75, 3.05) is 13.7 Å². The highest BCUT2D eigenvalue weighted by atomic mass is 32.1. The largest absolute Gasteiger partial charge is 0.388 e. The van der Waals surface area contributed by atoms with Gasteiger partial charge in [0.25, 0.3) is 0 Å². The zero-order valence-electron chi connectivity index (χ0n) is 8.20. The van der Waals surface area contributed by atoms with E-state index in [1.54, 1.807) is 25.4 Å². The van der Waals surface area contributed by atoms with Crippen LogP contribution in [0.15, 0.2) is 0 Å². The topological polar surface area (TPSA) is 42.4 Å². The second-order valence-corrected chi connectivity index (χ2v) is 4.09. The Bertz CT molecular complexity index is 271.